The first kappa shape index (κ1) is 10.6. The molecular weight excluding hydrogens is 214 g/mol. The second-order valence-corrected chi connectivity index (χ2v) is 4.88. The number of rotatable bonds is 2. The van der Waals surface area contributed by atoms with Gasteiger partial charge in [0.25, 0.3) is 0 Å². The number of anilines is 1. The topological polar surface area (TPSA) is 58.4 Å². The highest BCUT2D eigenvalue weighted by Crippen LogP contribution is 2.31. The van der Waals surface area contributed by atoms with Gasteiger partial charge in [0.1, 0.15) is 0 Å². The zero-order chi connectivity index (χ0) is 11.8. The largest absolute Gasteiger partial charge is 0.367 e. The molecule has 2 heterocycles. The fourth-order valence-electron chi connectivity index (χ4n) is 2.99. The Balaban J connectivity index is 1.82. The standard InChI is InChI=1S/C13H17N3O/c14-13(17)9-1-3-11(4-2-9)16-6-5-10-7-15-8-12(10)16/h1-4,10,12,15H,5-8H2,(H2,14,17)/t10-,12+/m0/s1. The van der Waals surface area contributed by atoms with E-state index in [0.717, 1.165) is 25.6 Å². The summed E-state index contributed by atoms with van der Waals surface area (Å²) in [7, 11) is 0. The summed E-state index contributed by atoms with van der Waals surface area (Å²) in [5, 5.41) is 3.44. The number of nitrogens with zero attached hydrogens (tertiary/aromatic N) is 1. The number of carbonyl (C=O) groups excluding carboxylic acids is 1. The fraction of sp³-hybridized carbons (Fsp3) is 0.462. The lowest BCUT2D eigenvalue weighted by Crippen LogP contribution is -2.34. The van der Waals surface area contributed by atoms with E-state index in [-0.39, 0.29) is 5.91 Å². The molecule has 1 aromatic rings. The van der Waals surface area contributed by atoms with Crippen molar-refractivity contribution in [2.45, 2.75) is 12.5 Å². The molecule has 1 aromatic carbocycles. The van der Waals surface area contributed by atoms with E-state index in [9.17, 15) is 4.79 Å². The van der Waals surface area contributed by atoms with Crippen molar-refractivity contribution in [3.63, 3.8) is 0 Å². The Morgan fingerprint density at radius 3 is 2.76 bits per heavy atom. The molecule has 0 unspecified atom stereocenters. The molecule has 2 atom stereocenters. The number of benzene rings is 1. The Bertz CT molecular complexity index is 429. The van der Waals surface area contributed by atoms with Gasteiger partial charge in [-0.15, -0.1) is 0 Å². The monoisotopic (exact) mass is 231 g/mol. The smallest absolute Gasteiger partial charge is 0.248 e. The van der Waals surface area contributed by atoms with Gasteiger partial charge in [0.05, 0.1) is 0 Å². The Morgan fingerprint density at radius 2 is 2.06 bits per heavy atom. The molecule has 2 aliphatic rings. The maximum Gasteiger partial charge on any atom is 0.248 e. The first-order chi connectivity index (χ1) is 8.25. The molecule has 3 rings (SSSR count). The van der Waals surface area contributed by atoms with Crippen LogP contribution in [0.4, 0.5) is 5.69 Å². The van der Waals surface area contributed by atoms with Crippen molar-refractivity contribution < 1.29 is 4.79 Å². The number of amides is 1. The van der Waals surface area contributed by atoms with E-state index in [1.807, 2.05) is 24.3 Å². The molecule has 17 heavy (non-hydrogen) atoms. The van der Waals surface area contributed by atoms with Gasteiger partial charge in [0.15, 0.2) is 0 Å². The Labute approximate surface area is 101 Å². The van der Waals surface area contributed by atoms with Gasteiger partial charge in [0, 0.05) is 36.9 Å². The van der Waals surface area contributed by atoms with E-state index in [1.165, 1.54) is 12.1 Å². The lowest BCUT2D eigenvalue weighted by atomic mass is 10.0. The number of hydrogen-bond donors (Lipinski definition) is 2. The molecule has 2 saturated heterocycles. The molecule has 0 radical (unpaired) electrons. The summed E-state index contributed by atoms with van der Waals surface area (Å²) < 4.78 is 0. The van der Waals surface area contributed by atoms with Gasteiger partial charge in [-0.3, -0.25) is 4.79 Å². The van der Waals surface area contributed by atoms with Crippen molar-refractivity contribution in [1.29, 1.82) is 0 Å². The first-order valence-corrected chi connectivity index (χ1v) is 6.13. The van der Waals surface area contributed by atoms with Crippen molar-refractivity contribution in [2.24, 2.45) is 11.7 Å². The van der Waals surface area contributed by atoms with Gasteiger partial charge in [-0.05, 0) is 36.6 Å². The van der Waals surface area contributed by atoms with Crippen LogP contribution in [0.15, 0.2) is 24.3 Å². The maximum absolute atomic E-state index is 11.0. The van der Waals surface area contributed by atoms with Crippen molar-refractivity contribution in [3.05, 3.63) is 29.8 Å². The summed E-state index contributed by atoms with van der Waals surface area (Å²) in [5.74, 6) is 0.421. The molecule has 0 saturated carbocycles. The van der Waals surface area contributed by atoms with Gasteiger partial charge in [-0.1, -0.05) is 0 Å². The summed E-state index contributed by atoms with van der Waals surface area (Å²) in [6.07, 6.45) is 1.26. The van der Waals surface area contributed by atoms with Crippen LogP contribution in [0.25, 0.3) is 0 Å². The molecule has 0 spiro atoms. The summed E-state index contributed by atoms with van der Waals surface area (Å²) >= 11 is 0. The molecule has 3 N–H and O–H groups in total. The fourth-order valence-corrected chi connectivity index (χ4v) is 2.99. The molecule has 2 aliphatic heterocycles. The molecular formula is C13H17N3O. The second-order valence-electron chi connectivity index (χ2n) is 4.88. The van der Waals surface area contributed by atoms with Crippen molar-refractivity contribution in [3.8, 4) is 0 Å². The summed E-state index contributed by atoms with van der Waals surface area (Å²) in [4.78, 5) is 13.5. The molecule has 4 heteroatoms. The number of hydrogen-bond acceptors (Lipinski definition) is 3. The van der Waals surface area contributed by atoms with Crippen LogP contribution in [-0.4, -0.2) is 31.6 Å². The van der Waals surface area contributed by atoms with Crippen LogP contribution < -0.4 is 16.0 Å². The highest BCUT2D eigenvalue weighted by Gasteiger charge is 2.37. The van der Waals surface area contributed by atoms with E-state index in [0.29, 0.717) is 11.6 Å². The quantitative estimate of drug-likeness (QED) is 0.783. The van der Waals surface area contributed by atoms with E-state index in [4.69, 9.17) is 5.73 Å². The molecule has 2 fully saturated rings. The average Bonchev–Trinajstić information content (AvgIpc) is 2.90. The summed E-state index contributed by atoms with van der Waals surface area (Å²) in [6, 6.07) is 8.25. The number of fused-ring (bicyclic) bond motifs is 1. The third-order valence-corrected chi connectivity index (χ3v) is 3.93. The minimum Gasteiger partial charge on any atom is -0.367 e. The number of primary amides is 1. The summed E-state index contributed by atoms with van der Waals surface area (Å²) in [6.45, 7) is 3.33. The minimum atomic E-state index is -0.363. The molecule has 0 bridgehead atoms. The Morgan fingerprint density at radius 1 is 1.29 bits per heavy atom. The van der Waals surface area contributed by atoms with E-state index < -0.39 is 0 Å². The van der Waals surface area contributed by atoms with E-state index >= 15 is 0 Å². The maximum atomic E-state index is 11.0. The molecule has 0 aromatic heterocycles. The summed E-state index contributed by atoms with van der Waals surface area (Å²) in [5.41, 5.74) is 7.02. The van der Waals surface area contributed by atoms with Crippen molar-refractivity contribution in [2.75, 3.05) is 24.5 Å². The van der Waals surface area contributed by atoms with Crippen LogP contribution in [0.2, 0.25) is 0 Å². The number of nitrogens with one attached hydrogen (secondary N) is 1. The van der Waals surface area contributed by atoms with Gasteiger partial charge in [0.2, 0.25) is 5.91 Å². The van der Waals surface area contributed by atoms with Crippen LogP contribution in [0.5, 0.6) is 0 Å². The van der Waals surface area contributed by atoms with Gasteiger partial charge < -0.3 is 16.0 Å². The zero-order valence-corrected chi connectivity index (χ0v) is 9.73. The zero-order valence-electron chi connectivity index (χ0n) is 9.73. The van der Waals surface area contributed by atoms with E-state index in [2.05, 4.69) is 10.2 Å². The molecule has 4 nitrogen and oxygen atoms in total. The highest BCUT2D eigenvalue weighted by atomic mass is 16.1. The SMILES string of the molecule is NC(=O)c1ccc(N2CC[C@H]3CNC[C@H]32)cc1. The van der Waals surface area contributed by atoms with Crippen LogP contribution in [-0.2, 0) is 0 Å². The van der Waals surface area contributed by atoms with Crippen molar-refractivity contribution in [1.82, 2.24) is 5.32 Å². The Hall–Kier alpha value is -1.55. The van der Waals surface area contributed by atoms with Crippen LogP contribution >= 0.6 is 0 Å². The highest BCUT2D eigenvalue weighted by molar-refractivity contribution is 5.93. The third kappa shape index (κ3) is 1.78. The number of nitrogens with two attached hydrogens (primary N) is 1. The normalized spacial score (nSPS) is 27.2. The van der Waals surface area contributed by atoms with E-state index in [1.54, 1.807) is 0 Å². The molecule has 90 valence electrons. The van der Waals surface area contributed by atoms with Crippen LogP contribution in [0, 0.1) is 5.92 Å². The average molecular weight is 231 g/mol. The predicted molar refractivity (Wildman–Crippen MR) is 67.1 cm³/mol. The van der Waals surface area contributed by atoms with Crippen LogP contribution in [0.3, 0.4) is 0 Å². The number of carbonyl (C=O) groups is 1. The third-order valence-electron chi connectivity index (χ3n) is 3.93. The lowest BCUT2D eigenvalue weighted by Gasteiger charge is -2.25. The first-order valence-electron chi connectivity index (χ1n) is 6.13. The van der Waals surface area contributed by atoms with Gasteiger partial charge in [-0.25, -0.2) is 0 Å². The van der Waals surface area contributed by atoms with Gasteiger partial charge >= 0.3 is 0 Å². The minimum absolute atomic E-state index is 0.363. The van der Waals surface area contributed by atoms with Gasteiger partial charge in [-0.2, -0.15) is 0 Å². The predicted octanol–water partition coefficient (Wildman–Crippen LogP) is 0.584. The second kappa shape index (κ2) is 4.04. The Kier molecular flexibility index (Phi) is 2.52. The molecule has 0 aliphatic carbocycles. The molecule has 1 amide bonds. The van der Waals surface area contributed by atoms with Crippen molar-refractivity contribution >= 4 is 11.6 Å². The lowest BCUT2D eigenvalue weighted by molar-refractivity contribution is 0.100. The van der Waals surface area contributed by atoms with Crippen LogP contribution in [0.1, 0.15) is 16.8 Å².